The van der Waals surface area contributed by atoms with Crippen LogP contribution in [0.4, 0.5) is 0 Å². The number of fused-ring (bicyclic) bond motifs is 1. The number of aliphatic hydroxyl groups excluding tert-OH is 1. The first-order chi connectivity index (χ1) is 11.3. The van der Waals surface area contributed by atoms with Gasteiger partial charge in [0.1, 0.15) is 12.4 Å². The second-order valence-corrected chi connectivity index (χ2v) is 5.53. The summed E-state index contributed by atoms with van der Waals surface area (Å²) < 4.78 is 7.67. The SMILES string of the molecule is Cc1ccc(-c2nc(-c3ccc(CO)o3)n3ccccc23)cc1. The molecule has 0 aliphatic carbocycles. The minimum Gasteiger partial charge on any atom is -0.455 e. The van der Waals surface area contributed by atoms with E-state index >= 15 is 0 Å². The van der Waals surface area contributed by atoms with Crippen LogP contribution in [0.3, 0.4) is 0 Å². The van der Waals surface area contributed by atoms with E-state index in [1.165, 1.54) is 5.56 Å². The van der Waals surface area contributed by atoms with E-state index in [1.54, 1.807) is 6.07 Å². The number of aromatic nitrogens is 2. The monoisotopic (exact) mass is 304 g/mol. The van der Waals surface area contributed by atoms with Crippen molar-refractivity contribution in [3.63, 3.8) is 0 Å². The molecule has 4 aromatic rings. The minimum atomic E-state index is -0.117. The molecule has 3 aromatic heterocycles. The Kier molecular flexibility index (Phi) is 3.24. The Hall–Kier alpha value is -2.85. The summed E-state index contributed by atoms with van der Waals surface area (Å²) in [4.78, 5) is 4.79. The molecule has 0 saturated heterocycles. The number of hydrogen-bond acceptors (Lipinski definition) is 3. The van der Waals surface area contributed by atoms with E-state index in [2.05, 4.69) is 31.2 Å². The fraction of sp³-hybridized carbons (Fsp3) is 0.105. The molecule has 1 aromatic carbocycles. The van der Waals surface area contributed by atoms with Gasteiger partial charge in [0.05, 0.1) is 11.2 Å². The normalized spacial score (nSPS) is 11.2. The minimum absolute atomic E-state index is 0.117. The largest absolute Gasteiger partial charge is 0.455 e. The quantitative estimate of drug-likeness (QED) is 0.621. The first-order valence-corrected chi connectivity index (χ1v) is 7.50. The lowest BCUT2D eigenvalue weighted by molar-refractivity contribution is 0.248. The maximum Gasteiger partial charge on any atom is 0.181 e. The van der Waals surface area contributed by atoms with E-state index in [-0.39, 0.29) is 6.61 Å². The van der Waals surface area contributed by atoms with Crippen molar-refractivity contribution in [1.82, 2.24) is 9.38 Å². The van der Waals surface area contributed by atoms with E-state index in [4.69, 9.17) is 9.40 Å². The Bertz CT molecular complexity index is 965. The first kappa shape index (κ1) is 13.8. The molecule has 0 atom stereocenters. The maximum atomic E-state index is 9.20. The fourth-order valence-corrected chi connectivity index (χ4v) is 2.72. The maximum absolute atomic E-state index is 9.20. The van der Waals surface area contributed by atoms with Crippen LogP contribution in [0.5, 0.6) is 0 Å². The number of nitrogens with zero attached hydrogens (tertiary/aromatic N) is 2. The molecule has 0 aliphatic rings. The molecule has 0 fully saturated rings. The summed E-state index contributed by atoms with van der Waals surface area (Å²) in [6, 6.07) is 17.9. The van der Waals surface area contributed by atoms with Gasteiger partial charge in [-0.2, -0.15) is 0 Å². The number of furan rings is 1. The molecule has 4 heteroatoms. The van der Waals surface area contributed by atoms with Gasteiger partial charge in [-0.1, -0.05) is 35.9 Å². The zero-order valence-electron chi connectivity index (χ0n) is 12.7. The van der Waals surface area contributed by atoms with Gasteiger partial charge < -0.3 is 9.52 Å². The summed E-state index contributed by atoms with van der Waals surface area (Å²) in [5.74, 6) is 1.91. The van der Waals surface area contributed by atoms with E-state index in [9.17, 15) is 5.11 Å². The lowest BCUT2D eigenvalue weighted by Crippen LogP contribution is -1.86. The number of rotatable bonds is 3. The summed E-state index contributed by atoms with van der Waals surface area (Å²) in [5, 5.41) is 9.20. The van der Waals surface area contributed by atoms with Crippen LogP contribution in [0.1, 0.15) is 11.3 Å². The van der Waals surface area contributed by atoms with Gasteiger partial charge in [0, 0.05) is 11.8 Å². The highest BCUT2D eigenvalue weighted by atomic mass is 16.4. The molecular weight excluding hydrogens is 288 g/mol. The standard InChI is InChI=1S/C19H16N2O2/c1-13-5-7-14(8-6-13)18-16-4-2-3-11-21(16)19(20-18)17-10-9-15(12-22)23-17/h2-11,22H,12H2,1H3. The predicted molar refractivity (Wildman–Crippen MR) is 89.0 cm³/mol. The summed E-state index contributed by atoms with van der Waals surface area (Å²) in [5.41, 5.74) is 4.23. The van der Waals surface area contributed by atoms with Crippen molar-refractivity contribution in [3.05, 3.63) is 72.1 Å². The van der Waals surface area contributed by atoms with E-state index in [1.807, 2.05) is 34.9 Å². The average molecular weight is 304 g/mol. The molecule has 0 amide bonds. The Morgan fingerprint density at radius 2 is 1.87 bits per heavy atom. The number of pyridine rings is 1. The van der Waals surface area contributed by atoms with Crippen LogP contribution in [0.15, 0.2) is 65.2 Å². The zero-order chi connectivity index (χ0) is 15.8. The number of benzene rings is 1. The van der Waals surface area contributed by atoms with Gasteiger partial charge >= 0.3 is 0 Å². The molecule has 3 heterocycles. The number of aryl methyl sites for hydroxylation is 1. The molecule has 0 spiro atoms. The smallest absolute Gasteiger partial charge is 0.181 e. The molecule has 1 N–H and O–H groups in total. The summed E-state index contributed by atoms with van der Waals surface area (Å²) in [6.07, 6.45) is 1.97. The van der Waals surface area contributed by atoms with Gasteiger partial charge in [0.2, 0.25) is 0 Å². The topological polar surface area (TPSA) is 50.7 Å². The van der Waals surface area contributed by atoms with Crippen molar-refractivity contribution in [2.24, 2.45) is 0 Å². The lowest BCUT2D eigenvalue weighted by atomic mass is 10.1. The van der Waals surface area contributed by atoms with Crippen molar-refractivity contribution < 1.29 is 9.52 Å². The average Bonchev–Trinajstić information content (AvgIpc) is 3.20. The lowest BCUT2D eigenvalue weighted by Gasteiger charge is -1.99. The van der Waals surface area contributed by atoms with Crippen molar-refractivity contribution in [2.45, 2.75) is 13.5 Å². The Morgan fingerprint density at radius 1 is 1.04 bits per heavy atom. The fourth-order valence-electron chi connectivity index (χ4n) is 2.72. The number of hydrogen-bond donors (Lipinski definition) is 1. The highest BCUT2D eigenvalue weighted by molar-refractivity contribution is 5.80. The molecule has 4 rings (SSSR count). The van der Waals surface area contributed by atoms with Gasteiger partial charge in [0.15, 0.2) is 11.6 Å². The Balaban J connectivity index is 1.94. The highest BCUT2D eigenvalue weighted by Gasteiger charge is 2.16. The van der Waals surface area contributed by atoms with Gasteiger partial charge in [-0.3, -0.25) is 4.40 Å². The second kappa shape index (κ2) is 5.41. The molecule has 114 valence electrons. The third-order valence-corrected chi connectivity index (χ3v) is 3.91. The Morgan fingerprint density at radius 3 is 2.61 bits per heavy atom. The van der Waals surface area contributed by atoms with Crippen LogP contribution in [0.25, 0.3) is 28.4 Å². The molecule has 0 bridgehead atoms. The summed E-state index contributed by atoms with van der Waals surface area (Å²) >= 11 is 0. The number of aliphatic hydroxyl groups is 1. The van der Waals surface area contributed by atoms with Crippen LogP contribution in [-0.4, -0.2) is 14.5 Å². The van der Waals surface area contributed by atoms with Gasteiger partial charge in [-0.15, -0.1) is 0 Å². The van der Waals surface area contributed by atoms with Gasteiger partial charge in [0.25, 0.3) is 0 Å². The van der Waals surface area contributed by atoms with E-state index in [0.29, 0.717) is 11.5 Å². The molecule has 0 saturated carbocycles. The summed E-state index contributed by atoms with van der Waals surface area (Å²) in [6.45, 7) is 1.95. The second-order valence-electron chi connectivity index (χ2n) is 5.53. The first-order valence-electron chi connectivity index (χ1n) is 7.50. The molecular formula is C19H16N2O2. The summed E-state index contributed by atoms with van der Waals surface area (Å²) in [7, 11) is 0. The van der Waals surface area contributed by atoms with Gasteiger partial charge in [-0.05, 0) is 31.2 Å². The van der Waals surface area contributed by atoms with Crippen LogP contribution >= 0.6 is 0 Å². The zero-order valence-corrected chi connectivity index (χ0v) is 12.7. The van der Waals surface area contributed by atoms with Crippen molar-refractivity contribution in [3.8, 4) is 22.8 Å². The number of imidazole rings is 1. The predicted octanol–water partition coefficient (Wildman–Crippen LogP) is 4.06. The van der Waals surface area contributed by atoms with Crippen LogP contribution in [0, 0.1) is 6.92 Å². The van der Waals surface area contributed by atoms with E-state index in [0.717, 1.165) is 22.6 Å². The molecule has 0 radical (unpaired) electrons. The van der Waals surface area contributed by atoms with Crippen molar-refractivity contribution >= 4 is 5.52 Å². The van der Waals surface area contributed by atoms with Crippen LogP contribution in [-0.2, 0) is 6.61 Å². The van der Waals surface area contributed by atoms with Crippen LogP contribution < -0.4 is 0 Å². The van der Waals surface area contributed by atoms with Crippen molar-refractivity contribution in [2.75, 3.05) is 0 Å². The molecule has 23 heavy (non-hydrogen) atoms. The van der Waals surface area contributed by atoms with Crippen LogP contribution in [0.2, 0.25) is 0 Å². The Labute approximate surface area is 133 Å². The molecule has 0 unspecified atom stereocenters. The van der Waals surface area contributed by atoms with Gasteiger partial charge in [-0.25, -0.2) is 4.98 Å². The molecule has 4 nitrogen and oxygen atoms in total. The molecule has 0 aliphatic heterocycles. The van der Waals surface area contributed by atoms with E-state index < -0.39 is 0 Å². The van der Waals surface area contributed by atoms with Crippen molar-refractivity contribution in [1.29, 1.82) is 0 Å². The highest BCUT2D eigenvalue weighted by Crippen LogP contribution is 2.30. The third-order valence-electron chi connectivity index (χ3n) is 3.91. The third kappa shape index (κ3) is 2.33.